The zero-order valence-electron chi connectivity index (χ0n) is 12.6. The molecule has 0 radical (unpaired) electrons. The first-order valence-corrected chi connectivity index (χ1v) is 8.12. The highest BCUT2D eigenvalue weighted by Crippen LogP contribution is 2.42. The quantitative estimate of drug-likeness (QED) is 0.861. The van der Waals surface area contributed by atoms with E-state index in [4.69, 9.17) is 0 Å². The number of rotatable bonds is 4. The Kier molecular flexibility index (Phi) is 5.06. The lowest BCUT2D eigenvalue weighted by molar-refractivity contribution is -0.154. The highest BCUT2D eigenvalue weighted by Gasteiger charge is 2.44. The Morgan fingerprint density at radius 1 is 1.15 bits per heavy atom. The summed E-state index contributed by atoms with van der Waals surface area (Å²) >= 11 is 0. The third-order valence-corrected chi connectivity index (χ3v) is 5.17. The van der Waals surface area contributed by atoms with Crippen LogP contribution >= 0.6 is 0 Å². The molecule has 1 aliphatic carbocycles. The second-order valence-electron chi connectivity index (χ2n) is 6.47. The molecule has 1 N–H and O–H groups in total. The molecule has 2 fully saturated rings. The second kappa shape index (κ2) is 6.59. The fourth-order valence-electron chi connectivity index (χ4n) is 3.84. The zero-order chi connectivity index (χ0) is 14.6. The average molecular weight is 281 g/mol. The molecule has 1 saturated heterocycles. The molecule has 1 unspecified atom stereocenters. The van der Waals surface area contributed by atoms with Gasteiger partial charge in [-0.3, -0.25) is 9.59 Å². The third kappa shape index (κ3) is 3.15. The summed E-state index contributed by atoms with van der Waals surface area (Å²) in [5.41, 5.74) is -0.776. The highest BCUT2D eigenvalue weighted by molar-refractivity contribution is 5.85. The first-order valence-electron chi connectivity index (χ1n) is 8.12. The summed E-state index contributed by atoms with van der Waals surface area (Å²) < 4.78 is 0. The van der Waals surface area contributed by atoms with Gasteiger partial charge in [0.05, 0.1) is 5.41 Å². The summed E-state index contributed by atoms with van der Waals surface area (Å²) in [4.78, 5) is 26.2. The fourth-order valence-corrected chi connectivity index (χ4v) is 3.84. The molecule has 4 nitrogen and oxygen atoms in total. The normalized spacial score (nSPS) is 26.2. The monoisotopic (exact) mass is 281 g/mol. The van der Waals surface area contributed by atoms with Gasteiger partial charge in [0.15, 0.2) is 0 Å². The summed E-state index contributed by atoms with van der Waals surface area (Å²) in [6.07, 6.45) is 8.90. The molecule has 4 heteroatoms. The number of hydrogen-bond donors (Lipinski definition) is 1. The van der Waals surface area contributed by atoms with Gasteiger partial charge in [0.2, 0.25) is 5.91 Å². The van der Waals surface area contributed by atoms with Crippen molar-refractivity contribution in [3.63, 3.8) is 0 Å². The topological polar surface area (TPSA) is 57.6 Å². The van der Waals surface area contributed by atoms with Crippen molar-refractivity contribution < 1.29 is 14.7 Å². The molecule has 1 atom stereocenters. The van der Waals surface area contributed by atoms with Crippen LogP contribution in [0.15, 0.2) is 0 Å². The van der Waals surface area contributed by atoms with Crippen molar-refractivity contribution in [2.24, 2.45) is 5.41 Å². The molecule has 2 rings (SSSR count). The maximum Gasteiger partial charge on any atom is 0.310 e. The van der Waals surface area contributed by atoms with Crippen LogP contribution < -0.4 is 0 Å². The van der Waals surface area contributed by atoms with E-state index in [-0.39, 0.29) is 12.3 Å². The molecule has 2 aliphatic rings. The molecule has 0 aromatic rings. The van der Waals surface area contributed by atoms with Crippen molar-refractivity contribution in [1.82, 2.24) is 4.90 Å². The van der Waals surface area contributed by atoms with Gasteiger partial charge in [0.25, 0.3) is 0 Å². The molecule has 1 saturated carbocycles. The van der Waals surface area contributed by atoms with Gasteiger partial charge in [-0.25, -0.2) is 0 Å². The number of carbonyl (C=O) groups excluding carboxylic acids is 1. The molecule has 0 bridgehead atoms. The SMILES string of the molecule is CCC1CCCCCN1C(=O)CC1(C(=O)O)CCCC1. The Labute approximate surface area is 121 Å². The van der Waals surface area contributed by atoms with Crippen molar-refractivity contribution in [3.8, 4) is 0 Å². The minimum absolute atomic E-state index is 0.0723. The summed E-state index contributed by atoms with van der Waals surface area (Å²) in [6, 6.07) is 0.317. The van der Waals surface area contributed by atoms with Gasteiger partial charge in [0, 0.05) is 19.0 Å². The molecule has 1 aliphatic heterocycles. The fraction of sp³-hybridized carbons (Fsp3) is 0.875. The van der Waals surface area contributed by atoms with Crippen LogP contribution in [0, 0.1) is 5.41 Å². The molecular weight excluding hydrogens is 254 g/mol. The Morgan fingerprint density at radius 2 is 1.85 bits per heavy atom. The van der Waals surface area contributed by atoms with Crippen molar-refractivity contribution >= 4 is 11.9 Å². The van der Waals surface area contributed by atoms with Crippen LogP contribution in [0.3, 0.4) is 0 Å². The van der Waals surface area contributed by atoms with Gasteiger partial charge in [-0.1, -0.05) is 32.6 Å². The van der Waals surface area contributed by atoms with E-state index in [0.717, 1.165) is 38.6 Å². The standard InChI is InChI=1S/C16H27NO3/c1-2-13-8-4-3-7-11-17(13)14(18)12-16(15(19)20)9-5-6-10-16/h13H,2-12H2,1H3,(H,19,20). The van der Waals surface area contributed by atoms with Crippen molar-refractivity contribution in [2.75, 3.05) is 6.54 Å². The average Bonchev–Trinajstić information content (AvgIpc) is 2.76. The predicted molar refractivity (Wildman–Crippen MR) is 77.4 cm³/mol. The number of aliphatic carboxylic acids is 1. The van der Waals surface area contributed by atoms with Crippen molar-refractivity contribution in [1.29, 1.82) is 0 Å². The van der Waals surface area contributed by atoms with Crippen LogP contribution in [0.25, 0.3) is 0 Å². The maximum absolute atomic E-state index is 12.6. The Bertz CT molecular complexity index is 361. The van der Waals surface area contributed by atoms with E-state index < -0.39 is 11.4 Å². The van der Waals surface area contributed by atoms with Gasteiger partial charge in [-0.15, -0.1) is 0 Å². The number of hydrogen-bond acceptors (Lipinski definition) is 2. The summed E-state index contributed by atoms with van der Waals surface area (Å²) in [5.74, 6) is -0.700. The Hall–Kier alpha value is -1.06. The van der Waals surface area contributed by atoms with E-state index in [1.165, 1.54) is 12.8 Å². The van der Waals surface area contributed by atoms with Gasteiger partial charge in [-0.2, -0.15) is 0 Å². The summed E-state index contributed by atoms with van der Waals surface area (Å²) in [6.45, 7) is 2.94. The molecular formula is C16H27NO3. The first-order chi connectivity index (χ1) is 9.59. The maximum atomic E-state index is 12.6. The van der Waals surface area contributed by atoms with E-state index in [1.807, 2.05) is 4.90 Å². The van der Waals surface area contributed by atoms with Crippen LogP contribution in [-0.4, -0.2) is 34.5 Å². The minimum atomic E-state index is -0.776. The summed E-state index contributed by atoms with van der Waals surface area (Å²) in [5, 5.41) is 9.52. The first kappa shape index (κ1) is 15.3. The number of carboxylic acids is 1. The van der Waals surface area contributed by atoms with Crippen LogP contribution in [0.2, 0.25) is 0 Å². The third-order valence-electron chi connectivity index (χ3n) is 5.17. The van der Waals surface area contributed by atoms with Crippen LogP contribution in [0.4, 0.5) is 0 Å². The largest absolute Gasteiger partial charge is 0.481 e. The lowest BCUT2D eigenvalue weighted by Crippen LogP contribution is -2.43. The molecule has 0 spiro atoms. The summed E-state index contributed by atoms with van der Waals surface area (Å²) in [7, 11) is 0. The number of carbonyl (C=O) groups is 2. The molecule has 1 amide bonds. The highest BCUT2D eigenvalue weighted by atomic mass is 16.4. The predicted octanol–water partition coefficient (Wildman–Crippen LogP) is 3.20. The zero-order valence-corrected chi connectivity index (χ0v) is 12.6. The van der Waals surface area contributed by atoms with Gasteiger partial charge < -0.3 is 10.0 Å². The number of amides is 1. The lowest BCUT2D eigenvalue weighted by atomic mass is 9.82. The van der Waals surface area contributed by atoms with Crippen LogP contribution in [0.1, 0.15) is 71.1 Å². The lowest BCUT2D eigenvalue weighted by Gasteiger charge is -2.33. The minimum Gasteiger partial charge on any atom is -0.481 e. The Balaban J connectivity index is 2.07. The second-order valence-corrected chi connectivity index (χ2v) is 6.47. The smallest absolute Gasteiger partial charge is 0.310 e. The van der Waals surface area contributed by atoms with Gasteiger partial charge in [0.1, 0.15) is 0 Å². The molecule has 1 heterocycles. The Morgan fingerprint density at radius 3 is 2.45 bits per heavy atom. The van der Waals surface area contributed by atoms with Gasteiger partial charge >= 0.3 is 5.97 Å². The van der Waals surface area contributed by atoms with E-state index in [2.05, 4.69) is 6.92 Å². The van der Waals surface area contributed by atoms with E-state index in [0.29, 0.717) is 18.9 Å². The van der Waals surface area contributed by atoms with Crippen molar-refractivity contribution in [2.45, 2.75) is 77.2 Å². The van der Waals surface area contributed by atoms with E-state index >= 15 is 0 Å². The molecule has 0 aromatic heterocycles. The van der Waals surface area contributed by atoms with E-state index in [9.17, 15) is 14.7 Å². The van der Waals surface area contributed by atoms with Crippen molar-refractivity contribution in [3.05, 3.63) is 0 Å². The molecule has 0 aromatic carbocycles. The number of nitrogens with zero attached hydrogens (tertiary/aromatic N) is 1. The number of likely N-dealkylation sites (tertiary alicyclic amines) is 1. The molecule has 20 heavy (non-hydrogen) atoms. The van der Waals surface area contributed by atoms with E-state index in [1.54, 1.807) is 0 Å². The van der Waals surface area contributed by atoms with Crippen LogP contribution in [-0.2, 0) is 9.59 Å². The van der Waals surface area contributed by atoms with Crippen LogP contribution in [0.5, 0.6) is 0 Å². The molecule has 114 valence electrons. The number of carboxylic acid groups (broad SMARTS) is 1. The van der Waals surface area contributed by atoms with Gasteiger partial charge in [-0.05, 0) is 32.1 Å².